The number of pyridine rings is 1. The largest absolute Gasteiger partial charge is 0.393 e. The number of nitrogens with zero attached hydrogens (tertiary/aromatic N) is 1. The lowest BCUT2D eigenvalue weighted by Gasteiger charge is -2.06. The number of hydrogen-bond donors (Lipinski definition) is 1. The van der Waals surface area contributed by atoms with Gasteiger partial charge in [0.2, 0.25) is 0 Å². The van der Waals surface area contributed by atoms with Crippen molar-refractivity contribution in [1.29, 1.82) is 0 Å². The minimum absolute atomic E-state index is 0.0104. The molecule has 0 amide bonds. The molecule has 0 saturated carbocycles. The van der Waals surface area contributed by atoms with E-state index in [0.29, 0.717) is 17.7 Å². The van der Waals surface area contributed by atoms with Gasteiger partial charge >= 0.3 is 0 Å². The van der Waals surface area contributed by atoms with Crippen molar-refractivity contribution < 1.29 is 9.90 Å². The predicted molar refractivity (Wildman–Crippen MR) is 49.6 cm³/mol. The summed E-state index contributed by atoms with van der Waals surface area (Å²) in [6, 6.07) is 3.45. The van der Waals surface area contributed by atoms with E-state index in [0.717, 1.165) is 0 Å². The molecule has 1 aromatic rings. The molecular weight excluding hydrogens is 166 g/mol. The van der Waals surface area contributed by atoms with Crippen LogP contribution in [0.5, 0.6) is 0 Å². The number of rotatable bonds is 3. The van der Waals surface area contributed by atoms with Crippen molar-refractivity contribution in [2.24, 2.45) is 0 Å². The fourth-order valence-corrected chi connectivity index (χ4v) is 1.20. The second kappa shape index (κ2) is 4.14. The molecule has 0 aliphatic carbocycles. The summed E-state index contributed by atoms with van der Waals surface area (Å²) in [4.78, 5) is 15.2. The number of carbonyl (C=O) groups is 1. The minimum Gasteiger partial charge on any atom is -0.393 e. The Balaban J connectivity index is 2.98. The van der Waals surface area contributed by atoms with Crippen molar-refractivity contribution in [3.05, 3.63) is 29.6 Å². The average molecular weight is 179 g/mol. The molecular formula is C10H13NO2. The molecule has 1 heterocycles. The number of aliphatic hydroxyl groups is 1. The van der Waals surface area contributed by atoms with E-state index in [-0.39, 0.29) is 5.78 Å². The topological polar surface area (TPSA) is 50.2 Å². The van der Waals surface area contributed by atoms with Crippen LogP contribution in [0.1, 0.15) is 29.9 Å². The maximum absolute atomic E-state index is 11.1. The summed E-state index contributed by atoms with van der Waals surface area (Å²) < 4.78 is 0. The summed E-state index contributed by atoms with van der Waals surface area (Å²) in [5, 5.41) is 9.16. The Morgan fingerprint density at radius 3 is 2.92 bits per heavy atom. The Bertz CT molecular complexity index is 308. The van der Waals surface area contributed by atoms with Gasteiger partial charge in [-0.25, -0.2) is 0 Å². The molecule has 0 unspecified atom stereocenters. The van der Waals surface area contributed by atoms with E-state index in [9.17, 15) is 4.79 Å². The Labute approximate surface area is 77.4 Å². The first-order valence-electron chi connectivity index (χ1n) is 4.24. The smallest absolute Gasteiger partial charge is 0.161 e. The number of aromatic nitrogens is 1. The fourth-order valence-electron chi connectivity index (χ4n) is 1.20. The van der Waals surface area contributed by atoms with Crippen LogP contribution in [0.4, 0.5) is 0 Å². The third-order valence-corrected chi connectivity index (χ3v) is 1.76. The maximum atomic E-state index is 11.1. The SMILES string of the molecule is CC(=O)c1cccnc1C[C@H](C)O. The van der Waals surface area contributed by atoms with E-state index >= 15 is 0 Å². The molecule has 13 heavy (non-hydrogen) atoms. The van der Waals surface area contributed by atoms with Crippen LogP contribution in [0, 0.1) is 0 Å². The monoisotopic (exact) mass is 179 g/mol. The molecule has 0 aliphatic rings. The molecule has 1 rings (SSSR count). The van der Waals surface area contributed by atoms with Crippen molar-refractivity contribution >= 4 is 5.78 Å². The molecule has 0 aromatic carbocycles. The molecule has 3 nitrogen and oxygen atoms in total. The molecule has 0 saturated heterocycles. The highest BCUT2D eigenvalue weighted by Crippen LogP contribution is 2.08. The van der Waals surface area contributed by atoms with Gasteiger partial charge in [0.25, 0.3) is 0 Å². The van der Waals surface area contributed by atoms with Crippen molar-refractivity contribution in [3.63, 3.8) is 0 Å². The van der Waals surface area contributed by atoms with Crippen LogP contribution < -0.4 is 0 Å². The number of aliphatic hydroxyl groups excluding tert-OH is 1. The highest BCUT2D eigenvalue weighted by atomic mass is 16.3. The Hall–Kier alpha value is -1.22. The molecule has 0 fully saturated rings. The summed E-state index contributed by atoms with van der Waals surface area (Å²) >= 11 is 0. The second-order valence-electron chi connectivity index (χ2n) is 3.11. The normalized spacial score (nSPS) is 12.5. The van der Waals surface area contributed by atoms with E-state index in [1.165, 1.54) is 6.92 Å². The summed E-state index contributed by atoms with van der Waals surface area (Å²) in [6.45, 7) is 3.18. The van der Waals surface area contributed by atoms with E-state index in [1.807, 2.05) is 0 Å². The Morgan fingerprint density at radius 1 is 1.69 bits per heavy atom. The minimum atomic E-state index is -0.465. The van der Waals surface area contributed by atoms with Crippen LogP contribution in [0.15, 0.2) is 18.3 Å². The Morgan fingerprint density at radius 2 is 2.38 bits per heavy atom. The maximum Gasteiger partial charge on any atom is 0.161 e. The highest BCUT2D eigenvalue weighted by molar-refractivity contribution is 5.95. The lowest BCUT2D eigenvalue weighted by atomic mass is 10.1. The third-order valence-electron chi connectivity index (χ3n) is 1.76. The van der Waals surface area contributed by atoms with Gasteiger partial charge in [0.05, 0.1) is 11.8 Å². The van der Waals surface area contributed by atoms with E-state index in [1.54, 1.807) is 25.3 Å². The van der Waals surface area contributed by atoms with Gasteiger partial charge in [0.15, 0.2) is 5.78 Å². The van der Waals surface area contributed by atoms with Gasteiger partial charge in [-0.2, -0.15) is 0 Å². The van der Waals surface area contributed by atoms with Crippen molar-refractivity contribution in [2.75, 3.05) is 0 Å². The molecule has 3 heteroatoms. The first-order chi connectivity index (χ1) is 6.11. The first-order valence-corrected chi connectivity index (χ1v) is 4.24. The van der Waals surface area contributed by atoms with E-state index in [4.69, 9.17) is 5.11 Å². The zero-order valence-corrected chi connectivity index (χ0v) is 7.82. The Kier molecular flexibility index (Phi) is 3.14. The number of hydrogen-bond acceptors (Lipinski definition) is 3. The van der Waals surface area contributed by atoms with Crippen molar-refractivity contribution in [1.82, 2.24) is 4.98 Å². The van der Waals surface area contributed by atoms with Gasteiger partial charge in [0, 0.05) is 18.2 Å². The molecule has 1 aromatic heterocycles. The molecule has 0 aliphatic heterocycles. The van der Waals surface area contributed by atoms with Gasteiger partial charge < -0.3 is 5.11 Å². The molecule has 70 valence electrons. The van der Waals surface area contributed by atoms with Crippen LogP contribution >= 0.6 is 0 Å². The van der Waals surface area contributed by atoms with Crippen LogP contribution in [0.2, 0.25) is 0 Å². The molecule has 1 N–H and O–H groups in total. The lowest BCUT2D eigenvalue weighted by Crippen LogP contribution is -2.10. The zero-order valence-electron chi connectivity index (χ0n) is 7.82. The molecule has 0 radical (unpaired) electrons. The van der Waals surface area contributed by atoms with Gasteiger partial charge in [-0.3, -0.25) is 9.78 Å². The summed E-state index contributed by atoms with van der Waals surface area (Å²) in [5.74, 6) is -0.0104. The fraction of sp³-hybridized carbons (Fsp3) is 0.400. The number of ketones is 1. The van der Waals surface area contributed by atoms with Gasteiger partial charge in [-0.05, 0) is 26.0 Å². The number of Topliss-reactive ketones (excluding diaryl/α,β-unsaturated/α-hetero) is 1. The van der Waals surface area contributed by atoms with Gasteiger partial charge in [-0.1, -0.05) is 0 Å². The molecule has 0 bridgehead atoms. The first kappa shape index (κ1) is 9.86. The zero-order chi connectivity index (χ0) is 9.84. The van der Waals surface area contributed by atoms with Gasteiger partial charge in [-0.15, -0.1) is 0 Å². The summed E-state index contributed by atoms with van der Waals surface area (Å²) in [7, 11) is 0. The third kappa shape index (κ3) is 2.63. The second-order valence-corrected chi connectivity index (χ2v) is 3.11. The van der Waals surface area contributed by atoms with Crippen LogP contribution in [0.3, 0.4) is 0 Å². The van der Waals surface area contributed by atoms with E-state index < -0.39 is 6.10 Å². The summed E-state index contributed by atoms with van der Waals surface area (Å²) in [6.07, 6.45) is 1.59. The van der Waals surface area contributed by atoms with Crippen LogP contribution in [-0.2, 0) is 6.42 Å². The van der Waals surface area contributed by atoms with Crippen LogP contribution in [-0.4, -0.2) is 22.0 Å². The summed E-state index contributed by atoms with van der Waals surface area (Å²) in [5.41, 5.74) is 1.27. The van der Waals surface area contributed by atoms with Crippen molar-refractivity contribution in [2.45, 2.75) is 26.4 Å². The molecule has 1 atom stereocenters. The lowest BCUT2D eigenvalue weighted by molar-refractivity contribution is 0.101. The average Bonchev–Trinajstić information content (AvgIpc) is 2.03. The van der Waals surface area contributed by atoms with E-state index in [2.05, 4.69) is 4.98 Å². The predicted octanol–water partition coefficient (Wildman–Crippen LogP) is 1.21. The number of carbonyl (C=O) groups excluding carboxylic acids is 1. The quantitative estimate of drug-likeness (QED) is 0.709. The van der Waals surface area contributed by atoms with Crippen molar-refractivity contribution in [3.8, 4) is 0 Å². The highest BCUT2D eigenvalue weighted by Gasteiger charge is 2.09. The standard InChI is InChI=1S/C10H13NO2/c1-7(12)6-10-9(8(2)13)4-3-5-11-10/h3-5,7,12H,6H2,1-2H3/t7-/m0/s1. The van der Waals surface area contributed by atoms with Crippen LogP contribution in [0.25, 0.3) is 0 Å². The van der Waals surface area contributed by atoms with Gasteiger partial charge in [0.1, 0.15) is 0 Å². The molecule has 0 spiro atoms.